The maximum absolute atomic E-state index is 13.1. The van der Waals surface area contributed by atoms with Crippen LogP contribution in [-0.2, 0) is 0 Å². The van der Waals surface area contributed by atoms with Gasteiger partial charge in [0.1, 0.15) is 0 Å². The molecule has 0 radical (unpaired) electrons. The lowest BCUT2D eigenvalue weighted by atomic mass is 10.1. The number of rotatable bonds is 7. The molecule has 5 nitrogen and oxygen atoms in total. The Kier molecular flexibility index (Phi) is 4.45. The minimum Gasteiger partial charge on any atom is -0.351 e. The molecular weight excluding hydrogens is 336 g/mol. The zero-order chi connectivity index (χ0) is 18.3. The van der Waals surface area contributed by atoms with Crippen molar-refractivity contribution in [2.24, 2.45) is 17.3 Å². The summed E-state index contributed by atoms with van der Waals surface area (Å²) in [7, 11) is 0. The Morgan fingerprint density at radius 1 is 0.923 bits per heavy atom. The molecule has 0 aliphatic heterocycles. The molecule has 1 aromatic rings. The number of nitrogens with one attached hydrogen (secondary N) is 2. The molecule has 2 N–H and O–H groups in total. The van der Waals surface area contributed by atoms with Gasteiger partial charge in [-0.2, -0.15) is 15.0 Å². The first kappa shape index (κ1) is 17.4. The molecule has 2 atom stereocenters. The number of anilines is 2. The van der Waals surface area contributed by atoms with Gasteiger partial charge in [0.05, 0.1) is 5.41 Å². The lowest BCUT2D eigenvalue weighted by Gasteiger charge is -2.16. The molecule has 1 unspecified atom stereocenters. The molecule has 0 spiro atoms. The zero-order valence-electron chi connectivity index (χ0n) is 15.2. The fraction of sp³-hybridized carbons (Fsp3) is 0.737. The Balaban J connectivity index is 1.55. The minimum atomic E-state index is -2.42. The summed E-state index contributed by atoms with van der Waals surface area (Å²) in [5, 5.41) is 6.64. The highest BCUT2D eigenvalue weighted by Crippen LogP contribution is 2.50. The van der Waals surface area contributed by atoms with Gasteiger partial charge in [0.2, 0.25) is 17.7 Å². The normalized spacial score (nSPS) is 23.0. The minimum absolute atomic E-state index is 0.253. The number of hydrogen-bond donors (Lipinski definition) is 2. The van der Waals surface area contributed by atoms with Gasteiger partial charge in [0.25, 0.3) is 6.43 Å². The SMILES string of the molecule is CC(Nc1nc(C#CC2(C(F)F)CC2)nc(N[C@H](C)C2CC2)n1)C1CC1. The average Bonchev–Trinajstić information content (AvgIpc) is 3.49. The topological polar surface area (TPSA) is 62.7 Å². The van der Waals surface area contributed by atoms with Crippen molar-refractivity contribution in [2.75, 3.05) is 10.6 Å². The van der Waals surface area contributed by atoms with Gasteiger partial charge in [-0.3, -0.25) is 0 Å². The molecule has 0 aromatic carbocycles. The Morgan fingerprint density at radius 2 is 1.42 bits per heavy atom. The predicted molar refractivity (Wildman–Crippen MR) is 96.0 cm³/mol. The second-order valence-electron chi connectivity index (χ2n) is 8.05. The Morgan fingerprint density at radius 3 is 1.81 bits per heavy atom. The first-order valence-corrected chi connectivity index (χ1v) is 9.56. The quantitative estimate of drug-likeness (QED) is 0.725. The van der Waals surface area contributed by atoms with E-state index < -0.39 is 11.8 Å². The van der Waals surface area contributed by atoms with Crippen molar-refractivity contribution in [3.05, 3.63) is 5.82 Å². The molecule has 1 heterocycles. The highest BCUT2D eigenvalue weighted by molar-refractivity contribution is 5.41. The van der Waals surface area contributed by atoms with Gasteiger partial charge in [0.15, 0.2) is 0 Å². The molecule has 3 fully saturated rings. The van der Waals surface area contributed by atoms with Gasteiger partial charge in [-0.05, 0) is 70.1 Å². The second-order valence-corrected chi connectivity index (χ2v) is 8.05. The van der Waals surface area contributed by atoms with Crippen LogP contribution in [0.4, 0.5) is 20.7 Å². The van der Waals surface area contributed by atoms with Crippen LogP contribution in [0.15, 0.2) is 0 Å². The predicted octanol–water partition coefficient (Wildman–Crippen LogP) is 3.69. The first-order chi connectivity index (χ1) is 12.4. The van der Waals surface area contributed by atoms with Crippen molar-refractivity contribution in [1.29, 1.82) is 0 Å². The lowest BCUT2D eigenvalue weighted by Crippen LogP contribution is -2.23. The molecule has 1 aromatic heterocycles. The Hall–Kier alpha value is -1.97. The molecule has 0 bridgehead atoms. The smallest absolute Gasteiger partial charge is 0.254 e. The van der Waals surface area contributed by atoms with E-state index in [0.29, 0.717) is 36.6 Å². The van der Waals surface area contributed by atoms with E-state index >= 15 is 0 Å². The summed E-state index contributed by atoms with van der Waals surface area (Å²) in [6.07, 6.45) is 3.32. The molecule has 0 saturated heterocycles. The standard InChI is InChI=1S/C19H25F2N5/c1-11(13-3-4-13)22-17-24-15(7-8-19(9-10-19)16(20)21)25-18(26-17)23-12(2)14-5-6-14/h11-14,16H,3-6,9-10H2,1-2H3,(H2,22,23,24,25,26)/t11-,12?/m1/s1. The molecular formula is C19H25F2N5. The summed E-state index contributed by atoms with van der Waals surface area (Å²) in [6, 6.07) is 0.561. The third kappa shape index (κ3) is 4.05. The summed E-state index contributed by atoms with van der Waals surface area (Å²) in [5.41, 5.74) is -1.16. The molecule has 140 valence electrons. The van der Waals surface area contributed by atoms with E-state index in [9.17, 15) is 8.78 Å². The van der Waals surface area contributed by atoms with Crippen molar-refractivity contribution in [2.45, 2.75) is 70.9 Å². The average molecular weight is 361 g/mol. The molecule has 7 heteroatoms. The van der Waals surface area contributed by atoms with E-state index in [1.807, 2.05) is 0 Å². The summed E-state index contributed by atoms with van der Waals surface area (Å²) < 4.78 is 26.2. The second kappa shape index (κ2) is 6.64. The molecule has 26 heavy (non-hydrogen) atoms. The molecule has 3 saturated carbocycles. The number of alkyl halides is 2. The van der Waals surface area contributed by atoms with Crippen LogP contribution < -0.4 is 10.6 Å². The van der Waals surface area contributed by atoms with E-state index in [1.54, 1.807) is 0 Å². The third-order valence-corrected chi connectivity index (χ3v) is 5.64. The van der Waals surface area contributed by atoms with E-state index in [1.165, 1.54) is 25.7 Å². The van der Waals surface area contributed by atoms with Crippen molar-refractivity contribution in [1.82, 2.24) is 15.0 Å². The van der Waals surface area contributed by atoms with Crippen LogP contribution in [0, 0.1) is 29.1 Å². The van der Waals surface area contributed by atoms with Crippen LogP contribution in [-0.4, -0.2) is 33.5 Å². The molecule has 3 aliphatic rings. The van der Waals surface area contributed by atoms with Gasteiger partial charge < -0.3 is 10.6 Å². The van der Waals surface area contributed by atoms with Crippen LogP contribution in [0.3, 0.4) is 0 Å². The van der Waals surface area contributed by atoms with Crippen LogP contribution >= 0.6 is 0 Å². The fourth-order valence-electron chi connectivity index (χ4n) is 3.11. The fourth-order valence-corrected chi connectivity index (χ4v) is 3.11. The van der Waals surface area contributed by atoms with Crippen molar-refractivity contribution < 1.29 is 8.78 Å². The monoisotopic (exact) mass is 361 g/mol. The summed E-state index contributed by atoms with van der Waals surface area (Å²) >= 11 is 0. The van der Waals surface area contributed by atoms with Crippen molar-refractivity contribution in [3.8, 4) is 11.8 Å². The highest BCUT2D eigenvalue weighted by Gasteiger charge is 2.50. The van der Waals surface area contributed by atoms with E-state index in [-0.39, 0.29) is 17.9 Å². The summed E-state index contributed by atoms with van der Waals surface area (Å²) in [4.78, 5) is 13.2. The van der Waals surface area contributed by atoms with E-state index in [2.05, 4.69) is 51.3 Å². The van der Waals surface area contributed by atoms with Gasteiger partial charge in [0, 0.05) is 12.1 Å². The van der Waals surface area contributed by atoms with Gasteiger partial charge >= 0.3 is 0 Å². The Labute approximate surface area is 152 Å². The number of aromatic nitrogens is 3. The molecule has 3 aliphatic carbocycles. The van der Waals surface area contributed by atoms with Crippen LogP contribution in [0.2, 0.25) is 0 Å². The summed E-state index contributed by atoms with van der Waals surface area (Å²) in [6.45, 7) is 4.23. The third-order valence-electron chi connectivity index (χ3n) is 5.64. The Bertz CT molecular complexity index is 691. The largest absolute Gasteiger partial charge is 0.351 e. The van der Waals surface area contributed by atoms with Crippen LogP contribution in [0.5, 0.6) is 0 Å². The molecule has 0 amide bonds. The maximum Gasteiger partial charge on any atom is 0.254 e. The summed E-state index contributed by atoms with van der Waals surface area (Å²) in [5.74, 6) is 7.97. The van der Waals surface area contributed by atoms with E-state index in [0.717, 1.165) is 0 Å². The van der Waals surface area contributed by atoms with Crippen molar-refractivity contribution >= 4 is 11.9 Å². The van der Waals surface area contributed by atoms with Crippen LogP contribution in [0.25, 0.3) is 0 Å². The molecule has 4 rings (SSSR count). The van der Waals surface area contributed by atoms with Crippen molar-refractivity contribution in [3.63, 3.8) is 0 Å². The number of nitrogens with zero attached hydrogens (tertiary/aromatic N) is 3. The highest BCUT2D eigenvalue weighted by atomic mass is 19.3. The maximum atomic E-state index is 13.1. The van der Waals surface area contributed by atoms with Crippen LogP contribution in [0.1, 0.15) is 58.2 Å². The number of halogens is 2. The van der Waals surface area contributed by atoms with Gasteiger partial charge in [-0.15, -0.1) is 0 Å². The number of hydrogen-bond acceptors (Lipinski definition) is 5. The van der Waals surface area contributed by atoms with Gasteiger partial charge in [-0.1, -0.05) is 5.92 Å². The zero-order valence-corrected chi connectivity index (χ0v) is 15.2. The first-order valence-electron chi connectivity index (χ1n) is 9.56. The van der Waals surface area contributed by atoms with Gasteiger partial charge in [-0.25, -0.2) is 8.78 Å². The lowest BCUT2D eigenvalue weighted by molar-refractivity contribution is 0.0921. The van der Waals surface area contributed by atoms with E-state index in [4.69, 9.17) is 0 Å².